The Morgan fingerprint density at radius 2 is 1.86 bits per heavy atom. The number of hydrogen-bond donors (Lipinski definition) is 1. The second-order valence-electron chi connectivity index (χ2n) is 7.09. The van der Waals surface area contributed by atoms with Crippen molar-refractivity contribution < 1.29 is 4.79 Å². The lowest BCUT2D eigenvalue weighted by Gasteiger charge is -2.12. The molecule has 0 saturated heterocycles. The molecular formula is C23H20N4O. The maximum atomic E-state index is 13.1. The summed E-state index contributed by atoms with van der Waals surface area (Å²) in [5.74, 6) is -0.0378. The van der Waals surface area contributed by atoms with E-state index in [1.807, 2.05) is 65.5 Å². The van der Waals surface area contributed by atoms with Crippen molar-refractivity contribution >= 4 is 16.8 Å². The van der Waals surface area contributed by atoms with Crippen molar-refractivity contribution in [1.29, 1.82) is 0 Å². The molecular weight excluding hydrogens is 348 g/mol. The van der Waals surface area contributed by atoms with E-state index in [0.717, 1.165) is 58.2 Å². The third kappa shape index (κ3) is 2.95. The Bertz CT molecular complexity index is 1160. The summed E-state index contributed by atoms with van der Waals surface area (Å²) in [6.07, 6.45) is 6.67. The number of benzene rings is 2. The predicted molar refractivity (Wildman–Crippen MR) is 109 cm³/mol. The molecule has 5 heteroatoms. The lowest BCUT2D eigenvalue weighted by molar-refractivity contribution is 0.0951. The van der Waals surface area contributed by atoms with Gasteiger partial charge in [0, 0.05) is 29.4 Å². The molecule has 4 aromatic rings. The van der Waals surface area contributed by atoms with Crippen molar-refractivity contribution in [2.45, 2.75) is 25.8 Å². The fourth-order valence-corrected chi connectivity index (χ4v) is 3.91. The molecule has 28 heavy (non-hydrogen) atoms. The second-order valence-corrected chi connectivity index (χ2v) is 7.09. The monoisotopic (exact) mass is 368 g/mol. The van der Waals surface area contributed by atoms with Gasteiger partial charge in [-0.1, -0.05) is 36.4 Å². The molecule has 0 radical (unpaired) electrons. The molecule has 138 valence electrons. The summed E-state index contributed by atoms with van der Waals surface area (Å²) < 4.78 is 1.82. The topological polar surface area (TPSA) is 59.8 Å². The first-order valence-corrected chi connectivity index (χ1v) is 9.57. The Kier molecular flexibility index (Phi) is 4.13. The zero-order valence-electron chi connectivity index (χ0n) is 15.4. The van der Waals surface area contributed by atoms with Gasteiger partial charge in [0.1, 0.15) is 0 Å². The Balaban J connectivity index is 1.41. The molecule has 0 aliphatic heterocycles. The molecule has 2 aromatic carbocycles. The second kappa shape index (κ2) is 6.93. The van der Waals surface area contributed by atoms with Crippen LogP contribution in [0.15, 0.2) is 67.0 Å². The number of carbonyl (C=O) groups excluding carboxylic acids is 1. The number of hydrogen-bond acceptors (Lipinski definition) is 3. The van der Waals surface area contributed by atoms with Gasteiger partial charge in [-0.25, -0.2) is 4.68 Å². The molecule has 0 bridgehead atoms. The number of carbonyl (C=O) groups is 1. The Morgan fingerprint density at radius 3 is 2.75 bits per heavy atom. The zero-order valence-corrected chi connectivity index (χ0v) is 15.4. The molecule has 1 N–H and O–H groups in total. The Morgan fingerprint density at radius 1 is 1.04 bits per heavy atom. The highest BCUT2D eigenvalue weighted by Crippen LogP contribution is 2.29. The molecule has 0 fully saturated rings. The number of nitrogens with one attached hydrogen (secondary N) is 1. The first-order valence-electron chi connectivity index (χ1n) is 9.57. The van der Waals surface area contributed by atoms with Crippen LogP contribution in [-0.4, -0.2) is 20.7 Å². The van der Waals surface area contributed by atoms with E-state index < -0.39 is 0 Å². The largest absolute Gasteiger partial charge is 0.348 e. The number of rotatable bonds is 4. The van der Waals surface area contributed by atoms with Gasteiger partial charge < -0.3 is 5.32 Å². The van der Waals surface area contributed by atoms with Crippen molar-refractivity contribution in [1.82, 2.24) is 20.1 Å². The minimum absolute atomic E-state index is 0.0378. The lowest BCUT2D eigenvalue weighted by atomic mass is 10.0. The molecule has 5 rings (SSSR count). The van der Waals surface area contributed by atoms with Gasteiger partial charge >= 0.3 is 0 Å². The standard InChI is InChI=1S/C23H20N4O/c28-23(24-13-16-14-25-27(15-16)17-7-2-1-3-8-17)22-18-9-4-5-11-20(18)26-21-12-6-10-19(21)22/h1-5,7-9,11,14-15H,6,10,12-13H2,(H,24,28). The molecule has 0 saturated carbocycles. The van der Waals surface area contributed by atoms with Crippen LogP contribution in [-0.2, 0) is 19.4 Å². The molecule has 2 aromatic heterocycles. The van der Waals surface area contributed by atoms with E-state index in [-0.39, 0.29) is 5.91 Å². The van der Waals surface area contributed by atoms with Crippen molar-refractivity contribution in [2.24, 2.45) is 0 Å². The van der Waals surface area contributed by atoms with Crippen molar-refractivity contribution in [3.8, 4) is 5.69 Å². The van der Waals surface area contributed by atoms with E-state index >= 15 is 0 Å². The first-order chi connectivity index (χ1) is 13.8. The van der Waals surface area contributed by atoms with Gasteiger partial charge in [0.15, 0.2) is 0 Å². The molecule has 1 aliphatic carbocycles. The molecule has 1 amide bonds. The van der Waals surface area contributed by atoms with Gasteiger partial charge in [-0.2, -0.15) is 5.10 Å². The van der Waals surface area contributed by atoms with Gasteiger partial charge in [-0.3, -0.25) is 9.78 Å². The highest BCUT2D eigenvalue weighted by atomic mass is 16.1. The van der Waals surface area contributed by atoms with Crippen molar-refractivity contribution in [3.63, 3.8) is 0 Å². The lowest BCUT2D eigenvalue weighted by Crippen LogP contribution is -2.24. The van der Waals surface area contributed by atoms with Crippen LogP contribution in [0.3, 0.4) is 0 Å². The molecule has 0 spiro atoms. The number of amides is 1. The van der Waals surface area contributed by atoms with Crippen LogP contribution in [0.1, 0.15) is 33.6 Å². The zero-order chi connectivity index (χ0) is 18.9. The molecule has 1 aliphatic rings. The number of aryl methyl sites for hydroxylation is 1. The average molecular weight is 368 g/mol. The number of aromatic nitrogens is 3. The smallest absolute Gasteiger partial charge is 0.252 e. The summed E-state index contributed by atoms with van der Waals surface area (Å²) in [7, 11) is 0. The third-order valence-electron chi connectivity index (χ3n) is 5.26. The number of nitrogens with zero attached hydrogens (tertiary/aromatic N) is 3. The summed E-state index contributed by atoms with van der Waals surface area (Å²) in [6.45, 7) is 0.442. The molecule has 0 unspecified atom stereocenters. The summed E-state index contributed by atoms with van der Waals surface area (Å²) in [5, 5.41) is 8.41. The Hall–Kier alpha value is -3.47. The van der Waals surface area contributed by atoms with Crippen LogP contribution < -0.4 is 5.32 Å². The fourth-order valence-electron chi connectivity index (χ4n) is 3.91. The van der Waals surface area contributed by atoms with E-state index in [0.29, 0.717) is 6.54 Å². The van der Waals surface area contributed by atoms with E-state index in [2.05, 4.69) is 10.4 Å². The average Bonchev–Trinajstić information content (AvgIpc) is 3.40. The van der Waals surface area contributed by atoms with Crippen molar-refractivity contribution in [2.75, 3.05) is 0 Å². The van der Waals surface area contributed by atoms with Crippen LogP contribution in [0.5, 0.6) is 0 Å². The van der Waals surface area contributed by atoms with E-state index in [1.165, 1.54) is 0 Å². The quantitative estimate of drug-likeness (QED) is 0.595. The number of pyridine rings is 1. The maximum Gasteiger partial charge on any atom is 0.252 e. The maximum absolute atomic E-state index is 13.1. The third-order valence-corrected chi connectivity index (χ3v) is 5.26. The summed E-state index contributed by atoms with van der Waals surface area (Å²) in [5.41, 5.74) is 5.82. The molecule has 0 atom stereocenters. The van der Waals surface area contributed by atoms with Gasteiger partial charge in [0.2, 0.25) is 0 Å². The van der Waals surface area contributed by atoms with Crippen LogP contribution >= 0.6 is 0 Å². The number of fused-ring (bicyclic) bond motifs is 2. The van der Waals surface area contributed by atoms with Crippen molar-refractivity contribution in [3.05, 3.63) is 89.4 Å². The van der Waals surface area contributed by atoms with E-state index in [1.54, 1.807) is 6.20 Å². The van der Waals surface area contributed by atoms with Gasteiger partial charge in [-0.15, -0.1) is 0 Å². The minimum atomic E-state index is -0.0378. The van der Waals surface area contributed by atoms with Crippen LogP contribution in [0.25, 0.3) is 16.6 Å². The van der Waals surface area contributed by atoms with Crippen LogP contribution in [0, 0.1) is 0 Å². The highest BCUT2D eigenvalue weighted by molar-refractivity contribution is 6.07. The van der Waals surface area contributed by atoms with Gasteiger partial charge in [-0.05, 0) is 43.0 Å². The summed E-state index contributed by atoms with van der Waals surface area (Å²) >= 11 is 0. The SMILES string of the molecule is O=C(NCc1cnn(-c2ccccc2)c1)c1c2c(nc3ccccc13)CCC2. The summed E-state index contributed by atoms with van der Waals surface area (Å²) in [6, 6.07) is 17.8. The highest BCUT2D eigenvalue weighted by Gasteiger charge is 2.23. The Labute approximate surface area is 163 Å². The van der Waals surface area contributed by atoms with Gasteiger partial charge in [0.05, 0.1) is 23.0 Å². The van der Waals surface area contributed by atoms with Crippen LogP contribution in [0.4, 0.5) is 0 Å². The predicted octanol–water partition coefficient (Wildman–Crippen LogP) is 3.84. The fraction of sp³-hybridized carbons (Fsp3) is 0.174. The van der Waals surface area contributed by atoms with Gasteiger partial charge in [0.25, 0.3) is 5.91 Å². The normalized spacial score (nSPS) is 12.9. The van der Waals surface area contributed by atoms with E-state index in [9.17, 15) is 4.79 Å². The van der Waals surface area contributed by atoms with E-state index in [4.69, 9.17) is 4.98 Å². The molecule has 5 nitrogen and oxygen atoms in total. The molecule has 2 heterocycles. The summed E-state index contributed by atoms with van der Waals surface area (Å²) in [4.78, 5) is 17.9. The van der Waals surface area contributed by atoms with Crippen LogP contribution in [0.2, 0.25) is 0 Å². The minimum Gasteiger partial charge on any atom is -0.348 e. The first kappa shape index (κ1) is 16.7. The number of para-hydroxylation sites is 2.